The van der Waals surface area contributed by atoms with Crippen molar-refractivity contribution in [3.05, 3.63) is 63.9 Å². The van der Waals surface area contributed by atoms with Gasteiger partial charge < -0.3 is 10.4 Å². The summed E-state index contributed by atoms with van der Waals surface area (Å²) in [5, 5.41) is 11.6. The Morgan fingerprint density at radius 1 is 1.35 bits per heavy atom. The number of nitrogens with one attached hydrogen (secondary N) is 1. The molecule has 0 radical (unpaired) electrons. The zero-order chi connectivity index (χ0) is 14.7. The predicted molar refractivity (Wildman–Crippen MR) is 76.5 cm³/mol. The van der Waals surface area contributed by atoms with E-state index in [9.17, 15) is 9.18 Å². The molecule has 5 heteroatoms. The van der Waals surface area contributed by atoms with E-state index in [0.29, 0.717) is 11.3 Å². The van der Waals surface area contributed by atoms with Crippen molar-refractivity contribution < 1.29 is 14.3 Å². The first-order chi connectivity index (χ1) is 9.52. The third-order valence-electron chi connectivity index (χ3n) is 2.93. The van der Waals surface area contributed by atoms with Gasteiger partial charge in [0.15, 0.2) is 0 Å². The highest BCUT2D eigenvalue weighted by Crippen LogP contribution is 2.22. The zero-order valence-corrected chi connectivity index (χ0v) is 11.5. The number of aliphatic hydroxyl groups excluding tert-OH is 1. The lowest BCUT2D eigenvalue weighted by atomic mass is 10.1. The van der Waals surface area contributed by atoms with Crippen molar-refractivity contribution in [3.63, 3.8) is 0 Å². The Kier molecular flexibility index (Phi) is 4.37. The Morgan fingerprint density at radius 3 is 2.80 bits per heavy atom. The second-order valence-electron chi connectivity index (χ2n) is 4.36. The van der Waals surface area contributed by atoms with Crippen LogP contribution >= 0.6 is 11.6 Å². The number of amides is 1. The number of anilines is 1. The Bertz CT molecular complexity index is 658. The number of benzene rings is 2. The molecule has 2 aromatic carbocycles. The minimum Gasteiger partial charge on any atom is -0.392 e. The van der Waals surface area contributed by atoms with Gasteiger partial charge in [0.25, 0.3) is 5.91 Å². The molecule has 2 aromatic rings. The minimum absolute atomic E-state index is 0.0699. The summed E-state index contributed by atoms with van der Waals surface area (Å²) in [6.45, 7) is 1.70. The second kappa shape index (κ2) is 6.03. The van der Waals surface area contributed by atoms with Gasteiger partial charge in [-0.25, -0.2) is 4.39 Å². The lowest BCUT2D eigenvalue weighted by Gasteiger charge is -2.11. The number of hydrogen-bond acceptors (Lipinski definition) is 2. The van der Waals surface area contributed by atoms with Gasteiger partial charge in [-0.15, -0.1) is 0 Å². The van der Waals surface area contributed by atoms with Crippen molar-refractivity contribution in [1.29, 1.82) is 0 Å². The highest BCUT2D eigenvalue weighted by Gasteiger charge is 2.14. The monoisotopic (exact) mass is 293 g/mol. The van der Waals surface area contributed by atoms with Crippen LogP contribution in [0, 0.1) is 12.7 Å². The van der Waals surface area contributed by atoms with Crippen molar-refractivity contribution in [2.75, 3.05) is 5.32 Å². The van der Waals surface area contributed by atoms with Crippen LogP contribution in [0.4, 0.5) is 10.1 Å². The van der Waals surface area contributed by atoms with E-state index in [-0.39, 0.29) is 17.2 Å². The van der Waals surface area contributed by atoms with Gasteiger partial charge in [0.1, 0.15) is 5.82 Å². The van der Waals surface area contributed by atoms with Crippen LogP contribution in [0.1, 0.15) is 21.5 Å². The van der Waals surface area contributed by atoms with Crippen LogP contribution in [0.15, 0.2) is 36.4 Å². The summed E-state index contributed by atoms with van der Waals surface area (Å²) in [6, 6.07) is 9.28. The van der Waals surface area contributed by atoms with E-state index in [2.05, 4.69) is 5.32 Å². The van der Waals surface area contributed by atoms with Crippen LogP contribution in [0.5, 0.6) is 0 Å². The molecular weight excluding hydrogens is 281 g/mol. The third-order valence-corrected chi connectivity index (χ3v) is 3.31. The first-order valence-corrected chi connectivity index (χ1v) is 6.36. The van der Waals surface area contributed by atoms with Crippen molar-refractivity contribution in [3.8, 4) is 0 Å². The molecule has 0 saturated carbocycles. The highest BCUT2D eigenvalue weighted by molar-refractivity contribution is 6.34. The molecule has 0 fully saturated rings. The molecule has 0 spiro atoms. The molecule has 1 amide bonds. The smallest absolute Gasteiger partial charge is 0.257 e. The van der Waals surface area contributed by atoms with E-state index in [1.807, 2.05) is 6.92 Å². The summed E-state index contributed by atoms with van der Waals surface area (Å²) < 4.78 is 13.3. The van der Waals surface area contributed by atoms with Crippen molar-refractivity contribution in [2.45, 2.75) is 13.5 Å². The summed E-state index contributed by atoms with van der Waals surface area (Å²) in [6.07, 6.45) is 0. The molecule has 2 N–H and O–H groups in total. The lowest BCUT2D eigenvalue weighted by Crippen LogP contribution is -2.14. The van der Waals surface area contributed by atoms with E-state index < -0.39 is 11.7 Å². The van der Waals surface area contributed by atoms with E-state index >= 15 is 0 Å². The average molecular weight is 294 g/mol. The molecule has 0 heterocycles. The summed E-state index contributed by atoms with van der Waals surface area (Å²) in [5.74, 6) is -1.13. The first kappa shape index (κ1) is 14.5. The molecule has 0 bridgehead atoms. The van der Waals surface area contributed by atoms with E-state index in [1.54, 1.807) is 18.2 Å². The Balaban J connectivity index is 2.30. The molecular formula is C15H13ClFNO2. The Hall–Kier alpha value is -1.91. The predicted octanol–water partition coefficient (Wildman–Crippen LogP) is 3.53. The molecule has 104 valence electrons. The largest absolute Gasteiger partial charge is 0.392 e. The number of carbonyl (C=O) groups is 1. The topological polar surface area (TPSA) is 49.3 Å². The fraction of sp³-hybridized carbons (Fsp3) is 0.133. The fourth-order valence-electron chi connectivity index (χ4n) is 1.77. The van der Waals surface area contributed by atoms with Gasteiger partial charge in [-0.3, -0.25) is 4.79 Å². The van der Waals surface area contributed by atoms with Gasteiger partial charge in [0.05, 0.1) is 17.2 Å². The van der Waals surface area contributed by atoms with Gasteiger partial charge in [-0.05, 0) is 36.2 Å². The van der Waals surface area contributed by atoms with Crippen LogP contribution in [0.25, 0.3) is 0 Å². The van der Waals surface area contributed by atoms with Crippen LogP contribution in [-0.2, 0) is 6.61 Å². The highest BCUT2D eigenvalue weighted by atomic mass is 35.5. The van der Waals surface area contributed by atoms with Gasteiger partial charge >= 0.3 is 0 Å². The van der Waals surface area contributed by atoms with Gasteiger partial charge in [0, 0.05) is 5.69 Å². The Morgan fingerprint density at radius 2 is 2.10 bits per heavy atom. The van der Waals surface area contributed by atoms with Crippen molar-refractivity contribution in [1.82, 2.24) is 0 Å². The number of aliphatic hydroxyl groups is 1. The molecule has 0 aliphatic rings. The minimum atomic E-state index is -0.639. The van der Waals surface area contributed by atoms with Gasteiger partial charge in [0.2, 0.25) is 0 Å². The molecule has 0 aliphatic heterocycles. The maximum absolute atomic E-state index is 13.3. The lowest BCUT2D eigenvalue weighted by molar-refractivity contribution is 0.102. The molecule has 0 unspecified atom stereocenters. The van der Waals surface area contributed by atoms with E-state index in [4.69, 9.17) is 16.7 Å². The quantitative estimate of drug-likeness (QED) is 0.909. The SMILES string of the molecule is Cc1ccc(CO)cc1NC(=O)c1cccc(F)c1Cl. The second-order valence-corrected chi connectivity index (χ2v) is 4.74. The summed E-state index contributed by atoms with van der Waals surface area (Å²) in [5.41, 5.74) is 2.14. The van der Waals surface area contributed by atoms with Gasteiger partial charge in [-0.1, -0.05) is 29.8 Å². The average Bonchev–Trinajstić information content (AvgIpc) is 2.44. The Labute approximate surface area is 121 Å². The third kappa shape index (κ3) is 2.98. The maximum Gasteiger partial charge on any atom is 0.257 e. The summed E-state index contributed by atoms with van der Waals surface area (Å²) in [7, 11) is 0. The van der Waals surface area contributed by atoms with Crippen molar-refractivity contribution in [2.24, 2.45) is 0 Å². The standard InChI is InChI=1S/C15H13ClFNO2/c1-9-5-6-10(8-19)7-13(9)18-15(20)11-3-2-4-12(17)14(11)16/h2-7,19H,8H2,1H3,(H,18,20). The molecule has 3 nitrogen and oxygen atoms in total. The van der Waals surface area contributed by atoms with Crippen LogP contribution in [0.2, 0.25) is 5.02 Å². The van der Waals surface area contributed by atoms with Crippen LogP contribution < -0.4 is 5.32 Å². The van der Waals surface area contributed by atoms with Crippen LogP contribution in [0.3, 0.4) is 0 Å². The van der Waals surface area contributed by atoms with E-state index in [1.165, 1.54) is 18.2 Å². The molecule has 0 aliphatic carbocycles. The molecule has 0 atom stereocenters. The summed E-state index contributed by atoms with van der Waals surface area (Å²) >= 11 is 5.78. The number of hydrogen-bond donors (Lipinski definition) is 2. The van der Waals surface area contributed by atoms with Gasteiger partial charge in [-0.2, -0.15) is 0 Å². The zero-order valence-electron chi connectivity index (χ0n) is 10.8. The molecule has 20 heavy (non-hydrogen) atoms. The van der Waals surface area contributed by atoms with E-state index in [0.717, 1.165) is 5.56 Å². The number of carbonyl (C=O) groups excluding carboxylic acids is 1. The number of aryl methyl sites for hydroxylation is 1. The maximum atomic E-state index is 13.3. The fourth-order valence-corrected chi connectivity index (χ4v) is 1.98. The number of halogens is 2. The molecule has 0 aromatic heterocycles. The first-order valence-electron chi connectivity index (χ1n) is 5.98. The molecule has 2 rings (SSSR count). The normalized spacial score (nSPS) is 10.4. The molecule has 0 saturated heterocycles. The number of rotatable bonds is 3. The summed E-state index contributed by atoms with van der Waals surface area (Å²) in [4.78, 5) is 12.1. The van der Waals surface area contributed by atoms with Crippen LogP contribution in [-0.4, -0.2) is 11.0 Å². The van der Waals surface area contributed by atoms with Crippen molar-refractivity contribution >= 4 is 23.2 Å².